The Kier molecular flexibility index (Phi) is 4.22. The number of rotatable bonds is 5. The third-order valence-corrected chi connectivity index (χ3v) is 2.58. The van der Waals surface area contributed by atoms with Crippen molar-refractivity contribution >= 4 is 11.6 Å². The van der Waals surface area contributed by atoms with Gasteiger partial charge in [0.1, 0.15) is 18.2 Å². The number of nitrogens with zero attached hydrogens (tertiary/aromatic N) is 3. The van der Waals surface area contributed by atoms with E-state index in [0.717, 1.165) is 5.82 Å². The van der Waals surface area contributed by atoms with Gasteiger partial charge in [0.15, 0.2) is 0 Å². The maximum atomic E-state index is 11.7. The number of carbonyl (C=O) groups is 1. The van der Waals surface area contributed by atoms with Gasteiger partial charge in [-0.3, -0.25) is 9.36 Å². The van der Waals surface area contributed by atoms with Crippen molar-refractivity contribution in [1.29, 1.82) is 0 Å². The number of carbonyl (C=O) groups excluding carboxylic acids is 1. The Morgan fingerprint density at radius 2 is 2.42 bits per heavy atom. The lowest BCUT2D eigenvalue weighted by molar-refractivity contribution is -0.125. The third kappa shape index (κ3) is 3.15. The summed E-state index contributed by atoms with van der Waals surface area (Å²) in [6, 6.07) is 3.53. The Morgan fingerprint density at radius 1 is 1.58 bits per heavy atom. The van der Waals surface area contributed by atoms with Crippen LogP contribution in [0.5, 0.6) is 0 Å². The van der Waals surface area contributed by atoms with Gasteiger partial charge in [0.05, 0.1) is 11.9 Å². The van der Waals surface area contributed by atoms with Crippen LogP contribution in [0.3, 0.4) is 0 Å². The molecule has 0 spiro atoms. The largest absolute Gasteiger partial charge is 0.370 e. The number of nitrogens with one attached hydrogen (secondary N) is 1. The minimum Gasteiger partial charge on any atom is -0.370 e. The van der Waals surface area contributed by atoms with Gasteiger partial charge in [0.2, 0.25) is 0 Å². The van der Waals surface area contributed by atoms with E-state index in [1.807, 2.05) is 0 Å². The molecular weight excluding hydrogens is 246 g/mol. The SMILES string of the molecule is COC(CN)C(=O)Nc1ccc(-n2ccnc2)nc1. The third-order valence-electron chi connectivity index (χ3n) is 2.58. The topological polar surface area (TPSA) is 95.1 Å². The Balaban J connectivity index is 2.05. The molecule has 2 aromatic rings. The minimum absolute atomic E-state index is 0.128. The predicted molar refractivity (Wildman–Crippen MR) is 69.8 cm³/mol. The average Bonchev–Trinajstić information content (AvgIpc) is 2.95. The first-order valence-corrected chi connectivity index (χ1v) is 5.72. The molecule has 1 unspecified atom stereocenters. The number of imidazole rings is 1. The molecule has 2 aromatic heterocycles. The van der Waals surface area contributed by atoms with Crippen molar-refractivity contribution < 1.29 is 9.53 Å². The van der Waals surface area contributed by atoms with E-state index in [1.54, 1.807) is 41.6 Å². The van der Waals surface area contributed by atoms with Crippen molar-refractivity contribution in [1.82, 2.24) is 14.5 Å². The van der Waals surface area contributed by atoms with E-state index >= 15 is 0 Å². The second-order valence-corrected chi connectivity index (χ2v) is 3.82. The quantitative estimate of drug-likeness (QED) is 0.800. The minimum atomic E-state index is -0.659. The molecule has 19 heavy (non-hydrogen) atoms. The summed E-state index contributed by atoms with van der Waals surface area (Å²) in [4.78, 5) is 19.9. The smallest absolute Gasteiger partial charge is 0.254 e. The highest BCUT2D eigenvalue weighted by Crippen LogP contribution is 2.10. The molecule has 0 aliphatic carbocycles. The zero-order valence-electron chi connectivity index (χ0n) is 10.5. The number of hydrogen-bond donors (Lipinski definition) is 2. The van der Waals surface area contributed by atoms with Crippen LogP contribution in [0.2, 0.25) is 0 Å². The number of hydrogen-bond acceptors (Lipinski definition) is 5. The van der Waals surface area contributed by atoms with E-state index in [1.165, 1.54) is 7.11 Å². The fourth-order valence-electron chi connectivity index (χ4n) is 1.54. The van der Waals surface area contributed by atoms with Gasteiger partial charge in [-0.15, -0.1) is 0 Å². The van der Waals surface area contributed by atoms with Gasteiger partial charge in [-0.25, -0.2) is 9.97 Å². The lowest BCUT2D eigenvalue weighted by Crippen LogP contribution is -2.35. The molecule has 3 N–H and O–H groups in total. The first-order valence-electron chi connectivity index (χ1n) is 5.72. The van der Waals surface area contributed by atoms with Gasteiger partial charge in [-0.2, -0.15) is 0 Å². The summed E-state index contributed by atoms with van der Waals surface area (Å²) < 4.78 is 6.71. The van der Waals surface area contributed by atoms with Gasteiger partial charge in [-0.05, 0) is 12.1 Å². The molecular formula is C12H15N5O2. The molecule has 1 atom stereocenters. The van der Waals surface area contributed by atoms with Crippen molar-refractivity contribution in [2.24, 2.45) is 5.73 Å². The van der Waals surface area contributed by atoms with Gasteiger partial charge < -0.3 is 15.8 Å². The summed E-state index contributed by atoms with van der Waals surface area (Å²) in [5.41, 5.74) is 6.00. The molecule has 0 aliphatic heterocycles. The van der Waals surface area contributed by atoms with Gasteiger partial charge in [-0.1, -0.05) is 0 Å². The van der Waals surface area contributed by atoms with E-state index in [0.29, 0.717) is 5.69 Å². The zero-order valence-corrected chi connectivity index (χ0v) is 10.5. The van der Waals surface area contributed by atoms with Crippen LogP contribution in [0.15, 0.2) is 37.1 Å². The van der Waals surface area contributed by atoms with E-state index in [4.69, 9.17) is 10.5 Å². The maximum absolute atomic E-state index is 11.7. The molecule has 0 radical (unpaired) electrons. The summed E-state index contributed by atoms with van der Waals surface area (Å²) in [5.74, 6) is 0.430. The van der Waals surface area contributed by atoms with Crippen LogP contribution in [-0.2, 0) is 9.53 Å². The Morgan fingerprint density at radius 3 is 2.95 bits per heavy atom. The number of ether oxygens (including phenoxy) is 1. The van der Waals surface area contributed by atoms with E-state index in [9.17, 15) is 4.79 Å². The molecule has 0 saturated heterocycles. The van der Waals surface area contributed by atoms with Crippen molar-refractivity contribution in [3.63, 3.8) is 0 Å². The van der Waals surface area contributed by atoms with Crippen LogP contribution < -0.4 is 11.1 Å². The Labute approximate surface area is 110 Å². The second kappa shape index (κ2) is 6.07. The number of methoxy groups -OCH3 is 1. The zero-order chi connectivity index (χ0) is 13.7. The fraction of sp³-hybridized carbons (Fsp3) is 0.250. The molecule has 1 amide bonds. The highest BCUT2D eigenvalue weighted by Gasteiger charge is 2.15. The Hall–Kier alpha value is -2.25. The molecule has 0 aliphatic rings. The summed E-state index contributed by atoms with van der Waals surface area (Å²) in [5, 5.41) is 2.69. The monoisotopic (exact) mass is 261 g/mol. The predicted octanol–water partition coefficient (Wildman–Crippen LogP) is 0.179. The molecule has 100 valence electrons. The summed E-state index contributed by atoms with van der Waals surface area (Å²) >= 11 is 0. The lowest BCUT2D eigenvalue weighted by Gasteiger charge is -2.13. The molecule has 2 rings (SSSR count). The first-order chi connectivity index (χ1) is 9.24. The van der Waals surface area contributed by atoms with Crippen molar-refractivity contribution in [3.05, 3.63) is 37.1 Å². The number of anilines is 1. The van der Waals surface area contributed by atoms with Crippen LogP contribution in [-0.4, -0.2) is 40.2 Å². The highest BCUT2D eigenvalue weighted by molar-refractivity contribution is 5.94. The van der Waals surface area contributed by atoms with Crippen LogP contribution in [0, 0.1) is 0 Å². The van der Waals surface area contributed by atoms with E-state index in [2.05, 4.69) is 15.3 Å². The van der Waals surface area contributed by atoms with Gasteiger partial charge >= 0.3 is 0 Å². The molecule has 7 nitrogen and oxygen atoms in total. The van der Waals surface area contributed by atoms with Crippen LogP contribution in [0.4, 0.5) is 5.69 Å². The van der Waals surface area contributed by atoms with Crippen LogP contribution in [0.25, 0.3) is 5.82 Å². The van der Waals surface area contributed by atoms with Crippen molar-refractivity contribution in [2.75, 3.05) is 19.0 Å². The molecule has 0 bridgehead atoms. The summed E-state index contributed by atoms with van der Waals surface area (Å²) in [7, 11) is 1.44. The van der Waals surface area contributed by atoms with Gasteiger partial charge in [0.25, 0.3) is 5.91 Å². The standard InChI is InChI=1S/C12H15N5O2/c1-19-10(6-13)12(18)16-9-2-3-11(15-7-9)17-5-4-14-8-17/h2-5,7-8,10H,6,13H2,1H3,(H,16,18). The normalized spacial score (nSPS) is 12.1. The molecule has 0 saturated carbocycles. The molecule has 2 heterocycles. The fourth-order valence-corrected chi connectivity index (χ4v) is 1.54. The van der Waals surface area contributed by atoms with Crippen molar-refractivity contribution in [3.8, 4) is 5.82 Å². The number of nitrogens with two attached hydrogens (primary N) is 1. The summed E-state index contributed by atoms with van der Waals surface area (Å²) in [6.07, 6.45) is 6.01. The molecule has 0 aromatic carbocycles. The van der Waals surface area contributed by atoms with E-state index in [-0.39, 0.29) is 12.5 Å². The van der Waals surface area contributed by atoms with Crippen molar-refractivity contribution in [2.45, 2.75) is 6.10 Å². The van der Waals surface area contributed by atoms with Crippen LogP contribution >= 0.6 is 0 Å². The average molecular weight is 261 g/mol. The maximum Gasteiger partial charge on any atom is 0.254 e. The van der Waals surface area contributed by atoms with Gasteiger partial charge in [0, 0.05) is 26.0 Å². The summed E-state index contributed by atoms with van der Waals surface area (Å²) in [6.45, 7) is 0.128. The first kappa shape index (κ1) is 13.2. The highest BCUT2D eigenvalue weighted by atomic mass is 16.5. The molecule has 0 fully saturated rings. The number of amides is 1. The Bertz CT molecular complexity index is 520. The number of pyridine rings is 1. The van der Waals surface area contributed by atoms with Crippen LogP contribution in [0.1, 0.15) is 0 Å². The second-order valence-electron chi connectivity index (χ2n) is 3.82. The molecule has 7 heteroatoms. The number of aromatic nitrogens is 3. The lowest BCUT2D eigenvalue weighted by atomic mass is 10.3. The van der Waals surface area contributed by atoms with E-state index < -0.39 is 6.10 Å².